The minimum atomic E-state index is -0.133. The number of H-pyrrole nitrogens is 1. The van der Waals surface area contributed by atoms with Gasteiger partial charge in [-0.15, -0.1) is 0 Å². The van der Waals surface area contributed by atoms with Crippen molar-refractivity contribution in [3.05, 3.63) is 23.9 Å². The third-order valence-electron chi connectivity index (χ3n) is 3.18. The number of carbonyl (C=O) groups excluding carboxylic acids is 1. The maximum atomic E-state index is 11.4. The molecule has 4 N–H and O–H groups in total. The zero-order chi connectivity index (χ0) is 13.7. The highest BCUT2D eigenvalue weighted by Crippen LogP contribution is 2.29. The summed E-state index contributed by atoms with van der Waals surface area (Å²) in [6.45, 7) is 0. The van der Waals surface area contributed by atoms with Crippen LogP contribution in [0.4, 0.5) is 11.6 Å². The highest BCUT2D eigenvalue weighted by Gasteiger charge is 2.24. The van der Waals surface area contributed by atoms with E-state index in [-0.39, 0.29) is 12.3 Å². The predicted octanol–water partition coefficient (Wildman–Crippen LogP) is 0.492. The molecule has 0 aromatic carbocycles. The number of aromatic nitrogens is 5. The molecule has 0 unspecified atom stereocenters. The minimum absolute atomic E-state index is 0.133. The zero-order valence-electron chi connectivity index (χ0n) is 10.2. The van der Waals surface area contributed by atoms with Crippen molar-refractivity contribution in [3.63, 3.8) is 0 Å². The normalized spacial score (nSPS) is 13.5. The lowest BCUT2D eigenvalue weighted by molar-refractivity contribution is -0.115. The number of nitrogens with one attached hydrogen (secondary N) is 2. The number of nitrogens with zero attached hydrogens (tertiary/aromatic N) is 4. The molecule has 0 saturated heterocycles. The Balaban J connectivity index is 1.94. The van der Waals surface area contributed by atoms with Crippen molar-refractivity contribution in [3.8, 4) is 11.5 Å². The summed E-state index contributed by atoms with van der Waals surface area (Å²) in [5.74, 6) is 0.982. The lowest BCUT2D eigenvalue weighted by Gasteiger charge is -2.03. The first kappa shape index (κ1) is 10.9. The highest BCUT2D eigenvalue weighted by atomic mass is 16.1. The lowest BCUT2D eigenvalue weighted by Crippen LogP contribution is -2.04. The summed E-state index contributed by atoms with van der Waals surface area (Å²) in [5.41, 5.74) is 7.73. The van der Waals surface area contributed by atoms with Crippen molar-refractivity contribution in [2.45, 2.75) is 6.42 Å². The Morgan fingerprint density at radius 2 is 2.20 bits per heavy atom. The van der Waals surface area contributed by atoms with E-state index in [0.29, 0.717) is 34.4 Å². The number of nitrogens with two attached hydrogens (primary N) is 1. The van der Waals surface area contributed by atoms with E-state index >= 15 is 0 Å². The smallest absolute Gasteiger partial charge is 0.230 e. The van der Waals surface area contributed by atoms with Gasteiger partial charge in [0.2, 0.25) is 5.91 Å². The van der Waals surface area contributed by atoms with Gasteiger partial charge in [0.15, 0.2) is 11.5 Å². The van der Waals surface area contributed by atoms with Crippen molar-refractivity contribution in [1.82, 2.24) is 25.1 Å². The van der Waals surface area contributed by atoms with E-state index in [9.17, 15) is 4.79 Å². The molecule has 0 radical (unpaired) electrons. The van der Waals surface area contributed by atoms with Crippen LogP contribution in [-0.4, -0.2) is 31.1 Å². The van der Waals surface area contributed by atoms with E-state index in [1.807, 2.05) is 6.07 Å². The van der Waals surface area contributed by atoms with E-state index in [4.69, 9.17) is 5.73 Å². The summed E-state index contributed by atoms with van der Waals surface area (Å²) in [5, 5.41) is 10.5. The Morgan fingerprint density at radius 3 is 3.10 bits per heavy atom. The number of nitrogen functional groups attached to an aromatic ring is 1. The number of aromatic amines is 1. The van der Waals surface area contributed by atoms with E-state index in [0.717, 1.165) is 5.39 Å². The first-order chi connectivity index (χ1) is 9.72. The minimum Gasteiger partial charge on any atom is -0.383 e. The number of carbonyl (C=O) groups is 1. The molecule has 1 amide bonds. The molecule has 20 heavy (non-hydrogen) atoms. The van der Waals surface area contributed by atoms with Crippen molar-refractivity contribution in [2.75, 3.05) is 11.1 Å². The average Bonchev–Trinajstić information content (AvgIpc) is 3.01. The molecule has 8 heteroatoms. The first-order valence-electron chi connectivity index (χ1n) is 5.98. The van der Waals surface area contributed by atoms with Crippen LogP contribution in [0.25, 0.3) is 22.6 Å². The quantitative estimate of drug-likeness (QED) is 0.589. The number of anilines is 2. The Morgan fingerprint density at radius 1 is 1.30 bits per heavy atom. The standard InChI is InChI=1S/C12H9N7O/c13-9-6-4-7(20)15-11(6)17-12(16-9)8-5-2-1-3-14-10(5)19-18-8/h1-3H,4H2,(H,14,18,19)(H3,13,15,16,17,20). The summed E-state index contributed by atoms with van der Waals surface area (Å²) in [6.07, 6.45) is 1.88. The van der Waals surface area contributed by atoms with Gasteiger partial charge in [0.1, 0.15) is 17.3 Å². The van der Waals surface area contributed by atoms with Gasteiger partial charge in [-0.05, 0) is 12.1 Å². The highest BCUT2D eigenvalue weighted by molar-refractivity contribution is 6.00. The van der Waals surface area contributed by atoms with Gasteiger partial charge in [0.25, 0.3) is 0 Å². The third-order valence-corrected chi connectivity index (χ3v) is 3.18. The SMILES string of the molecule is Nc1nc(-c2n[nH]c3ncccc23)nc2c1CC(=O)N2. The molecule has 0 atom stereocenters. The van der Waals surface area contributed by atoms with Crippen LogP contribution in [0.5, 0.6) is 0 Å². The van der Waals surface area contributed by atoms with Gasteiger partial charge in [0.05, 0.1) is 11.8 Å². The molecule has 4 heterocycles. The van der Waals surface area contributed by atoms with Gasteiger partial charge in [-0.1, -0.05) is 0 Å². The van der Waals surface area contributed by atoms with E-state index in [1.165, 1.54) is 0 Å². The Bertz CT molecular complexity index is 854. The number of rotatable bonds is 1. The molecule has 8 nitrogen and oxygen atoms in total. The molecule has 0 fully saturated rings. The Kier molecular flexibility index (Phi) is 2.02. The fourth-order valence-electron chi connectivity index (χ4n) is 2.25. The number of hydrogen-bond donors (Lipinski definition) is 3. The van der Waals surface area contributed by atoms with Gasteiger partial charge in [0, 0.05) is 11.8 Å². The van der Waals surface area contributed by atoms with Crippen molar-refractivity contribution < 1.29 is 4.79 Å². The molecule has 0 bridgehead atoms. The molecule has 98 valence electrons. The van der Waals surface area contributed by atoms with Crippen LogP contribution >= 0.6 is 0 Å². The van der Waals surface area contributed by atoms with Crippen LogP contribution in [0.2, 0.25) is 0 Å². The van der Waals surface area contributed by atoms with Gasteiger partial charge >= 0.3 is 0 Å². The second-order valence-electron chi connectivity index (χ2n) is 4.46. The monoisotopic (exact) mass is 267 g/mol. The van der Waals surface area contributed by atoms with Crippen LogP contribution in [0.15, 0.2) is 18.3 Å². The second-order valence-corrected chi connectivity index (χ2v) is 4.46. The van der Waals surface area contributed by atoms with Crippen LogP contribution in [-0.2, 0) is 11.2 Å². The Hall–Kier alpha value is -3.03. The second kappa shape index (κ2) is 3.73. The lowest BCUT2D eigenvalue weighted by atomic mass is 10.2. The molecule has 3 aromatic heterocycles. The molecule has 0 aliphatic carbocycles. The van der Waals surface area contributed by atoms with Gasteiger partial charge in [-0.25, -0.2) is 15.0 Å². The predicted molar refractivity (Wildman–Crippen MR) is 71.7 cm³/mol. The first-order valence-corrected chi connectivity index (χ1v) is 5.98. The summed E-state index contributed by atoms with van der Waals surface area (Å²) < 4.78 is 0. The largest absolute Gasteiger partial charge is 0.383 e. The third kappa shape index (κ3) is 1.44. The number of amides is 1. The number of fused-ring (bicyclic) bond motifs is 2. The summed E-state index contributed by atoms with van der Waals surface area (Å²) in [7, 11) is 0. The number of pyridine rings is 1. The molecular weight excluding hydrogens is 258 g/mol. The fourth-order valence-corrected chi connectivity index (χ4v) is 2.25. The van der Waals surface area contributed by atoms with Crippen LogP contribution in [0.3, 0.4) is 0 Å². The summed E-state index contributed by atoms with van der Waals surface area (Å²) in [4.78, 5) is 24.1. The molecule has 1 aliphatic heterocycles. The molecule has 0 spiro atoms. The van der Waals surface area contributed by atoms with Gasteiger partial charge in [-0.3, -0.25) is 9.89 Å². The topological polar surface area (TPSA) is 122 Å². The Labute approximate surface area is 112 Å². The van der Waals surface area contributed by atoms with Crippen molar-refractivity contribution in [1.29, 1.82) is 0 Å². The molecule has 3 aromatic rings. The van der Waals surface area contributed by atoms with Crippen molar-refractivity contribution in [2.24, 2.45) is 0 Å². The average molecular weight is 267 g/mol. The molecule has 0 saturated carbocycles. The number of hydrogen-bond acceptors (Lipinski definition) is 6. The molecule has 4 rings (SSSR count). The van der Waals surface area contributed by atoms with E-state index < -0.39 is 0 Å². The van der Waals surface area contributed by atoms with Gasteiger partial charge in [-0.2, -0.15) is 5.10 Å². The van der Waals surface area contributed by atoms with Crippen LogP contribution in [0.1, 0.15) is 5.56 Å². The zero-order valence-corrected chi connectivity index (χ0v) is 10.2. The van der Waals surface area contributed by atoms with Crippen molar-refractivity contribution >= 4 is 28.6 Å². The summed E-state index contributed by atoms with van der Waals surface area (Å²) in [6, 6.07) is 3.67. The summed E-state index contributed by atoms with van der Waals surface area (Å²) >= 11 is 0. The van der Waals surface area contributed by atoms with E-state index in [1.54, 1.807) is 12.3 Å². The maximum absolute atomic E-state index is 11.4. The molecule has 1 aliphatic rings. The van der Waals surface area contributed by atoms with Crippen LogP contribution < -0.4 is 11.1 Å². The van der Waals surface area contributed by atoms with E-state index in [2.05, 4.69) is 30.5 Å². The van der Waals surface area contributed by atoms with Crippen LogP contribution in [0, 0.1) is 0 Å². The van der Waals surface area contributed by atoms with Gasteiger partial charge < -0.3 is 11.1 Å². The fraction of sp³-hybridized carbons (Fsp3) is 0.0833. The molecular formula is C12H9N7O. The maximum Gasteiger partial charge on any atom is 0.230 e.